The van der Waals surface area contributed by atoms with Crippen molar-refractivity contribution in [3.63, 3.8) is 0 Å². The third kappa shape index (κ3) is 5.31. The van der Waals surface area contributed by atoms with E-state index in [1.807, 2.05) is 85.1 Å². The van der Waals surface area contributed by atoms with Crippen LogP contribution in [-0.4, -0.2) is 34.9 Å². The lowest BCUT2D eigenvalue weighted by atomic mass is 9.94. The van der Waals surface area contributed by atoms with E-state index in [0.717, 1.165) is 16.0 Å². The number of nitrogens with one attached hydrogen (secondary N) is 2. The monoisotopic (exact) mass is 579 g/mol. The molecule has 1 amide bonds. The fourth-order valence-corrected chi connectivity index (χ4v) is 5.56. The molecule has 3 heterocycles. The number of hydrogen-bond donors (Lipinski definition) is 2. The summed E-state index contributed by atoms with van der Waals surface area (Å²) in [6, 6.07) is 26.2. The average Bonchev–Trinajstić information content (AvgIpc) is 3.70. The van der Waals surface area contributed by atoms with Crippen molar-refractivity contribution in [2.45, 2.75) is 19.6 Å². The molecule has 1 unspecified atom stereocenters. The summed E-state index contributed by atoms with van der Waals surface area (Å²) in [6.45, 7) is 2.26. The molecular formula is C32H29N5O4S. The molecule has 5 aromatic rings. The number of nitrogens with zero attached hydrogens (tertiary/aromatic N) is 3. The van der Waals surface area contributed by atoms with Crippen LogP contribution in [0.25, 0.3) is 10.7 Å². The van der Waals surface area contributed by atoms with Gasteiger partial charge in [0.1, 0.15) is 18.4 Å². The molecule has 6 rings (SSSR count). The Morgan fingerprint density at radius 2 is 1.74 bits per heavy atom. The van der Waals surface area contributed by atoms with E-state index < -0.39 is 6.04 Å². The molecule has 0 radical (unpaired) electrons. The first kappa shape index (κ1) is 27.1. The normalized spacial score (nSPS) is 14.1. The number of para-hydroxylation sites is 2. The summed E-state index contributed by atoms with van der Waals surface area (Å²) in [5.74, 6) is 2.52. The molecule has 10 heteroatoms. The summed E-state index contributed by atoms with van der Waals surface area (Å²) >= 11 is 1.55. The van der Waals surface area contributed by atoms with Gasteiger partial charge in [-0.25, -0.2) is 4.68 Å². The number of methoxy groups -OCH3 is 2. The number of carbonyl (C=O) groups excluding carboxylic acids is 1. The van der Waals surface area contributed by atoms with Crippen molar-refractivity contribution in [1.29, 1.82) is 0 Å². The molecule has 2 N–H and O–H groups in total. The summed E-state index contributed by atoms with van der Waals surface area (Å²) in [5, 5.41) is 13.2. The summed E-state index contributed by atoms with van der Waals surface area (Å²) < 4.78 is 19.1. The Morgan fingerprint density at radius 3 is 2.50 bits per heavy atom. The smallest absolute Gasteiger partial charge is 0.255 e. The van der Waals surface area contributed by atoms with E-state index in [0.29, 0.717) is 52.6 Å². The van der Waals surface area contributed by atoms with Gasteiger partial charge in [0.25, 0.3) is 5.91 Å². The van der Waals surface area contributed by atoms with Gasteiger partial charge in [-0.05, 0) is 53.8 Å². The van der Waals surface area contributed by atoms with Crippen molar-refractivity contribution in [2.75, 3.05) is 24.9 Å². The Bertz CT molecular complexity index is 1750. The number of anilines is 2. The molecule has 1 aliphatic rings. The van der Waals surface area contributed by atoms with Gasteiger partial charge in [-0.2, -0.15) is 4.98 Å². The number of benzene rings is 3. The van der Waals surface area contributed by atoms with Gasteiger partial charge in [0.2, 0.25) is 5.95 Å². The number of thiophene rings is 1. The molecule has 0 fully saturated rings. The van der Waals surface area contributed by atoms with E-state index >= 15 is 0 Å². The molecule has 9 nitrogen and oxygen atoms in total. The largest absolute Gasteiger partial charge is 0.495 e. The first-order chi connectivity index (χ1) is 20.6. The molecule has 0 saturated carbocycles. The van der Waals surface area contributed by atoms with E-state index in [9.17, 15) is 4.79 Å². The van der Waals surface area contributed by atoms with Gasteiger partial charge >= 0.3 is 0 Å². The molecule has 0 spiro atoms. The summed E-state index contributed by atoms with van der Waals surface area (Å²) in [6.07, 6.45) is 0. The van der Waals surface area contributed by atoms with Crippen molar-refractivity contribution in [1.82, 2.24) is 14.8 Å². The van der Waals surface area contributed by atoms with Crippen molar-refractivity contribution >= 4 is 28.9 Å². The van der Waals surface area contributed by atoms with Crippen LogP contribution >= 0.6 is 11.3 Å². The van der Waals surface area contributed by atoms with Crippen LogP contribution in [0.1, 0.15) is 24.1 Å². The number of hydrogen-bond acceptors (Lipinski definition) is 8. The van der Waals surface area contributed by atoms with Gasteiger partial charge < -0.3 is 24.8 Å². The summed E-state index contributed by atoms with van der Waals surface area (Å²) in [5.41, 5.74) is 3.54. The van der Waals surface area contributed by atoms with E-state index in [1.54, 1.807) is 42.4 Å². The maximum absolute atomic E-state index is 14.0. The maximum Gasteiger partial charge on any atom is 0.255 e. The quantitative estimate of drug-likeness (QED) is 0.205. The number of allylic oxidation sites excluding steroid dienone is 1. The highest BCUT2D eigenvalue weighted by Gasteiger charge is 2.35. The van der Waals surface area contributed by atoms with E-state index in [4.69, 9.17) is 24.3 Å². The fourth-order valence-electron chi connectivity index (χ4n) is 4.91. The number of ether oxygens (including phenoxy) is 3. The molecule has 0 aliphatic carbocycles. The molecule has 42 heavy (non-hydrogen) atoms. The van der Waals surface area contributed by atoms with Crippen molar-refractivity contribution in [3.8, 4) is 28.0 Å². The van der Waals surface area contributed by atoms with Crippen LogP contribution in [0.3, 0.4) is 0 Å². The van der Waals surface area contributed by atoms with Gasteiger partial charge in [0.05, 0.1) is 30.4 Å². The highest BCUT2D eigenvalue weighted by Crippen LogP contribution is 2.40. The lowest BCUT2D eigenvalue weighted by molar-refractivity contribution is -0.113. The Balaban J connectivity index is 1.40. The highest BCUT2D eigenvalue weighted by atomic mass is 32.1. The van der Waals surface area contributed by atoms with E-state index in [2.05, 4.69) is 10.6 Å². The predicted molar refractivity (Wildman–Crippen MR) is 163 cm³/mol. The molecule has 3 aromatic carbocycles. The van der Waals surface area contributed by atoms with E-state index in [-0.39, 0.29) is 5.91 Å². The molecule has 212 valence electrons. The lowest BCUT2D eigenvalue weighted by Gasteiger charge is -2.29. The minimum atomic E-state index is -0.603. The van der Waals surface area contributed by atoms with Crippen molar-refractivity contribution in [2.24, 2.45) is 0 Å². The SMILES string of the molecule is COc1ccccc1NC(=O)C1=C(C)Nc2nc(-c3cccs3)nn2C1c1ccc(OCc2ccccc2)c(OC)c1. The van der Waals surface area contributed by atoms with Crippen LogP contribution in [-0.2, 0) is 11.4 Å². The van der Waals surface area contributed by atoms with Crippen molar-refractivity contribution in [3.05, 3.63) is 113 Å². The molecule has 1 atom stereocenters. The first-order valence-electron chi connectivity index (χ1n) is 13.3. The number of amides is 1. The minimum absolute atomic E-state index is 0.295. The van der Waals surface area contributed by atoms with Gasteiger partial charge in [-0.15, -0.1) is 16.4 Å². The van der Waals surface area contributed by atoms with Crippen LogP contribution in [0, 0.1) is 0 Å². The van der Waals surface area contributed by atoms with Crippen LogP contribution < -0.4 is 24.8 Å². The number of aromatic nitrogens is 3. The average molecular weight is 580 g/mol. The number of fused-ring (bicyclic) bond motifs is 1. The van der Waals surface area contributed by atoms with Crippen LogP contribution in [0.15, 0.2) is 102 Å². The zero-order chi connectivity index (χ0) is 29.1. The second-order valence-electron chi connectivity index (χ2n) is 9.59. The first-order valence-corrected chi connectivity index (χ1v) is 14.2. The molecule has 1 aliphatic heterocycles. The minimum Gasteiger partial charge on any atom is -0.495 e. The zero-order valence-electron chi connectivity index (χ0n) is 23.3. The lowest BCUT2D eigenvalue weighted by Crippen LogP contribution is -2.31. The van der Waals surface area contributed by atoms with Gasteiger partial charge in [0, 0.05) is 5.70 Å². The Morgan fingerprint density at radius 1 is 0.952 bits per heavy atom. The fraction of sp³-hybridized carbons (Fsp3) is 0.156. The third-order valence-corrected chi connectivity index (χ3v) is 7.80. The highest BCUT2D eigenvalue weighted by molar-refractivity contribution is 7.13. The topological polar surface area (TPSA) is 99.5 Å². The van der Waals surface area contributed by atoms with Crippen LogP contribution in [0.4, 0.5) is 11.6 Å². The standard InChI is InChI=1S/C32H29N5O4S/c1-20-28(31(38)34-23-12-7-8-13-24(23)39-2)29(37-32(33-20)35-30(36-37)27-14-9-17-42-27)22-15-16-25(26(18-22)40-3)41-19-21-10-5-4-6-11-21/h4-18,29H,19H2,1-3H3,(H,34,38)(H,33,35,36). The maximum atomic E-state index is 14.0. The molecule has 2 aromatic heterocycles. The molecule has 0 bridgehead atoms. The van der Waals surface area contributed by atoms with Crippen LogP contribution in [0.5, 0.6) is 17.2 Å². The van der Waals surface area contributed by atoms with E-state index in [1.165, 1.54) is 0 Å². The summed E-state index contributed by atoms with van der Waals surface area (Å²) in [4.78, 5) is 19.7. The second kappa shape index (κ2) is 11.8. The van der Waals surface area contributed by atoms with Crippen molar-refractivity contribution < 1.29 is 19.0 Å². The van der Waals surface area contributed by atoms with Gasteiger partial charge in [-0.1, -0.05) is 54.6 Å². The second-order valence-corrected chi connectivity index (χ2v) is 10.5. The third-order valence-electron chi connectivity index (χ3n) is 6.93. The zero-order valence-corrected chi connectivity index (χ0v) is 24.1. The van der Waals surface area contributed by atoms with Gasteiger partial charge in [0.15, 0.2) is 17.3 Å². The predicted octanol–water partition coefficient (Wildman–Crippen LogP) is 6.53. The summed E-state index contributed by atoms with van der Waals surface area (Å²) in [7, 11) is 3.17. The van der Waals surface area contributed by atoms with Crippen LogP contribution in [0.2, 0.25) is 0 Å². The Kier molecular flexibility index (Phi) is 7.61. The van der Waals surface area contributed by atoms with Gasteiger partial charge in [-0.3, -0.25) is 4.79 Å². The molecule has 0 saturated heterocycles. The Hall–Kier alpha value is -5.09. The molecular weight excluding hydrogens is 550 g/mol. The Labute approximate surface area is 247 Å². The number of carbonyl (C=O) groups is 1. The number of rotatable bonds is 9.